The molecule has 0 radical (unpaired) electrons. The van der Waals surface area contributed by atoms with Gasteiger partial charge in [-0.05, 0) is 25.0 Å². The molecule has 0 aliphatic carbocycles. The Bertz CT molecular complexity index is 458. The minimum atomic E-state index is -0.811. The molecule has 1 amide bonds. The summed E-state index contributed by atoms with van der Waals surface area (Å²) in [6, 6.07) is 7.08. The highest BCUT2D eigenvalue weighted by Crippen LogP contribution is 2.30. The van der Waals surface area contributed by atoms with Crippen molar-refractivity contribution in [3.63, 3.8) is 0 Å². The zero-order chi connectivity index (χ0) is 13.8. The van der Waals surface area contributed by atoms with Crippen LogP contribution < -0.4 is 11.1 Å². The molecule has 0 heterocycles. The first kappa shape index (κ1) is 14.9. The number of nitrogens with one attached hydrogen (secondary N) is 1. The lowest BCUT2D eigenvalue weighted by atomic mass is 9.81. The molecule has 0 bridgehead atoms. The molecular formula is C13H17ClN2OS. The van der Waals surface area contributed by atoms with Gasteiger partial charge in [0.2, 0.25) is 5.91 Å². The third-order valence-corrected chi connectivity index (χ3v) is 3.96. The molecule has 98 valence electrons. The van der Waals surface area contributed by atoms with Crippen molar-refractivity contribution in [3.8, 4) is 0 Å². The third-order valence-electron chi connectivity index (χ3n) is 3.24. The zero-order valence-electron chi connectivity index (χ0n) is 10.5. The molecule has 0 atom stereocenters. The maximum absolute atomic E-state index is 12.4. The van der Waals surface area contributed by atoms with Crippen LogP contribution in [0.4, 0.5) is 5.69 Å². The molecule has 5 heteroatoms. The van der Waals surface area contributed by atoms with E-state index in [9.17, 15) is 4.79 Å². The summed E-state index contributed by atoms with van der Waals surface area (Å²) in [5.41, 5.74) is 5.49. The number of halogens is 1. The van der Waals surface area contributed by atoms with E-state index in [1.165, 1.54) is 0 Å². The number of carbonyl (C=O) groups is 1. The molecule has 0 unspecified atom stereocenters. The Hall–Kier alpha value is -1.13. The van der Waals surface area contributed by atoms with E-state index in [0.29, 0.717) is 23.6 Å². The number of thiocarbonyl (C=S) groups is 1. The number of carbonyl (C=O) groups excluding carboxylic acids is 1. The molecule has 1 aromatic carbocycles. The predicted octanol–water partition coefficient (Wildman–Crippen LogP) is 3.37. The van der Waals surface area contributed by atoms with Gasteiger partial charge in [0.1, 0.15) is 0 Å². The minimum absolute atomic E-state index is 0.201. The Kier molecular flexibility index (Phi) is 5.11. The van der Waals surface area contributed by atoms with E-state index in [1.807, 2.05) is 19.9 Å². The van der Waals surface area contributed by atoms with Gasteiger partial charge >= 0.3 is 0 Å². The standard InChI is InChI=1S/C13H17ClN2OS/c1-3-13(4-2,11(15)18)12(17)16-10-8-6-5-7-9(10)14/h5-8H,3-4H2,1-2H3,(H2,15,18)(H,16,17). The first-order valence-corrected chi connectivity index (χ1v) is 6.62. The molecule has 3 nitrogen and oxygen atoms in total. The summed E-state index contributed by atoms with van der Waals surface area (Å²) in [5.74, 6) is -0.201. The average Bonchev–Trinajstić information content (AvgIpc) is 2.34. The summed E-state index contributed by atoms with van der Waals surface area (Å²) in [6.45, 7) is 3.80. The van der Waals surface area contributed by atoms with Crippen LogP contribution in [0.5, 0.6) is 0 Å². The Morgan fingerprint density at radius 2 is 1.94 bits per heavy atom. The number of amides is 1. The van der Waals surface area contributed by atoms with E-state index < -0.39 is 5.41 Å². The van der Waals surface area contributed by atoms with Crippen LogP contribution in [0.1, 0.15) is 26.7 Å². The lowest BCUT2D eigenvalue weighted by Crippen LogP contribution is -2.45. The van der Waals surface area contributed by atoms with Gasteiger partial charge in [0.15, 0.2) is 0 Å². The molecule has 0 spiro atoms. The number of nitrogens with two attached hydrogens (primary N) is 1. The van der Waals surface area contributed by atoms with E-state index in [-0.39, 0.29) is 10.9 Å². The van der Waals surface area contributed by atoms with Crippen LogP contribution in [0.2, 0.25) is 5.02 Å². The molecular weight excluding hydrogens is 268 g/mol. The van der Waals surface area contributed by atoms with Crippen molar-refractivity contribution in [2.24, 2.45) is 11.1 Å². The third kappa shape index (κ3) is 2.82. The fourth-order valence-electron chi connectivity index (χ4n) is 1.84. The molecule has 0 aliphatic heterocycles. The van der Waals surface area contributed by atoms with Crippen molar-refractivity contribution in [3.05, 3.63) is 29.3 Å². The second-order valence-electron chi connectivity index (χ2n) is 4.09. The second kappa shape index (κ2) is 6.16. The van der Waals surface area contributed by atoms with Gasteiger partial charge in [-0.25, -0.2) is 0 Å². The van der Waals surface area contributed by atoms with Crippen molar-refractivity contribution < 1.29 is 4.79 Å². The number of hydrogen-bond donors (Lipinski definition) is 2. The average molecular weight is 285 g/mol. The molecule has 0 saturated carbocycles. The quantitative estimate of drug-likeness (QED) is 0.815. The van der Waals surface area contributed by atoms with E-state index in [0.717, 1.165) is 0 Å². The normalized spacial score (nSPS) is 11.1. The lowest BCUT2D eigenvalue weighted by molar-refractivity contribution is -0.122. The van der Waals surface area contributed by atoms with Crippen molar-refractivity contribution in [1.29, 1.82) is 0 Å². The molecule has 0 fully saturated rings. The fraction of sp³-hybridized carbons (Fsp3) is 0.385. The smallest absolute Gasteiger partial charge is 0.237 e. The summed E-state index contributed by atoms with van der Waals surface area (Å²) in [7, 11) is 0. The number of benzene rings is 1. The first-order valence-electron chi connectivity index (χ1n) is 5.83. The Morgan fingerprint density at radius 3 is 2.39 bits per heavy atom. The van der Waals surface area contributed by atoms with Crippen molar-refractivity contribution in [1.82, 2.24) is 0 Å². The van der Waals surface area contributed by atoms with Gasteiger partial charge in [-0.2, -0.15) is 0 Å². The van der Waals surface area contributed by atoms with Crippen LogP contribution in [-0.2, 0) is 4.79 Å². The van der Waals surface area contributed by atoms with E-state index in [1.54, 1.807) is 18.2 Å². The molecule has 0 aromatic heterocycles. The molecule has 1 rings (SSSR count). The SMILES string of the molecule is CCC(CC)(C(=O)Nc1ccccc1Cl)C(N)=S. The lowest BCUT2D eigenvalue weighted by Gasteiger charge is -2.29. The second-order valence-corrected chi connectivity index (χ2v) is 4.93. The highest BCUT2D eigenvalue weighted by atomic mass is 35.5. The summed E-state index contributed by atoms with van der Waals surface area (Å²) < 4.78 is 0. The number of rotatable bonds is 5. The predicted molar refractivity (Wildman–Crippen MR) is 79.9 cm³/mol. The van der Waals surface area contributed by atoms with Crippen LogP contribution in [0, 0.1) is 5.41 Å². The van der Waals surface area contributed by atoms with Crippen LogP contribution in [0.3, 0.4) is 0 Å². The highest BCUT2D eigenvalue weighted by molar-refractivity contribution is 7.80. The maximum Gasteiger partial charge on any atom is 0.237 e. The van der Waals surface area contributed by atoms with Crippen molar-refractivity contribution in [2.75, 3.05) is 5.32 Å². The van der Waals surface area contributed by atoms with Gasteiger partial charge in [0.25, 0.3) is 0 Å². The molecule has 1 aromatic rings. The zero-order valence-corrected chi connectivity index (χ0v) is 12.1. The highest BCUT2D eigenvalue weighted by Gasteiger charge is 2.38. The number of anilines is 1. The van der Waals surface area contributed by atoms with Crippen molar-refractivity contribution in [2.45, 2.75) is 26.7 Å². The molecule has 0 saturated heterocycles. The fourth-order valence-corrected chi connectivity index (χ4v) is 2.40. The summed E-state index contributed by atoms with van der Waals surface area (Å²) in [6.07, 6.45) is 1.13. The van der Waals surface area contributed by atoms with Crippen LogP contribution in [-0.4, -0.2) is 10.9 Å². The topological polar surface area (TPSA) is 55.1 Å². The van der Waals surface area contributed by atoms with Gasteiger partial charge in [-0.1, -0.05) is 49.8 Å². The summed E-state index contributed by atoms with van der Waals surface area (Å²) >= 11 is 11.0. The monoisotopic (exact) mass is 284 g/mol. The number of para-hydroxylation sites is 1. The van der Waals surface area contributed by atoms with Crippen LogP contribution in [0.25, 0.3) is 0 Å². The van der Waals surface area contributed by atoms with E-state index in [2.05, 4.69) is 5.32 Å². The van der Waals surface area contributed by atoms with Crippen LogP contribution in [0.15, 0.2) is 24.3 Å². The summed E-state index contributed by atoms with van der Waals surface area (Å²) in [5, 5.41) is 3.29. The Morgan fingerprint density at radius 1 is 1.39 bits per heavy atom. The van der Waals surface area contributed by atoms with E-state index in [4.69, 9.17) is 29.6 Å². The molecule has 18 heavy (non-hydrogen) atoms. The molecule has 3 N–H and O–H groups in total. The molecule has 0 aliphatic rings. The van der Waals surface area contributed by atoms with Gasteiger partial charge < -0.3 is 11.1 Å². The van der Waals surface area contributed by atoms with Gasteiger partial charge in [-0.15, -0.1) is 0 Å². The van der Waals surface area contributed by atoms with Crippen molar-refractivity contribution >= 4 is 40.4 Å². The largest absolute Gasteiger partial charge is 0.392 e. The van der Waals surface area contributed by atoms with Crippen LogP contribution >= 0.6 is 23.8 Å². The maximum atomic E-state index is 12.4. The minimum Gasteiger partial charge on any atom is -0.392 e. The van der Waals surface area contributed by atoms with Gasteiger partial charge in [-0.3, -0.25) is 4.79 Å². The van der Waals surface area contributed by atoms with Gasteiger partial charge in [0, 0.05) is 0 Å². The summed E-state index contributed by atoms with van der Waals surface area (Å²) in [4.78, 5) is 12.6. The van der Waals surface area contributed by atoms with E-state index >= 15 is 0 Å². The van der Waals surface area contributed by atoms with Gasteiger partial charge in [0.05, 0.1) is 21.1 Å². The first-order chi connectivity index (χ1) is 8.47. The Labute approximate surface area is 118 Å². The number of hydrogen-bond acceptors (Lipinski definition) is 2. The Balaban J connectivity index is 3.00.